The maximum absolute atomic E-state index is 5.98. The molecule has 0 bridgehead atoms. The van der Waals surface area contributed by atoms with E-state index >= 15 is 0 Å². The summed E-state index contributed by atoms with van der Waals surface area (Å²) in [6.07, 6.45) is 6.03. The quantitative estimate of drug-likeness (QED) is 0.223. The Morgan fingerprint density at radius 2 is 1.78 bits per heavy atom. The molecule has 0 radical (unpaired) electrons. The van der Waals surface area contributed by atoms with Gasteiger partial charge in [-0.05, 0) is 37.3 Å². The second-order valence-electron chi connectivity index (χ2n) is 6.77. The van der Waals surface area contributed by atoms with Crippen molar-refractivity contribution in [2.45, 2.75) is 65.2 Å². The SMILES string of the molecule is CCCCCNC(=NCc1ccc(COC2CCOCC2)cc1)NCC.I. The molecule has 0 atom stereocenters. The Labute approximate surface area is 181 Å². The van der Waals surface area contributed by atoms with Crippen LogP contribution in [0.15, 0.2) is 29.3 Å². The Morgan fingerprint density at radius 1 is 1.07 bits per heavy atom. The van der Waals surface area contributed by atoms with Gasteiger partial charge in [-0.25, -0.2) is 4.99 Å². The highest BCUT2D eigenvalue weighted by molar-refractivity contribution is 14.0. The van der Waals surface area contributed by atoms with Crippen LogP contribution in [-0.2, 0) is 22.6 Å². The van der Waals surface area contributed by atoms with Gasteiger partial charge in [0.05, 0.1) is 19.3 Å². The molecule has 154 valence electrons. The van der Waals surface area contributed by atoms with Gasteiger partial charge in [-0.15, -0.1) is 24.0 Å². The van der Waals surface area contributed by atoms with E-state index in [-0.39, 0.29) is 24.0 Å². The van der Waals surface area contributed by atoms with Gasteiger partial charge >= 0.3 is 0 Å². The Kier molecular flexibility index (Phi) is 13.5. The molecule has 1 aliphatic rings. The molecule has 0 amide bonds. The van der Waals surface area contributed by atoms with Crippen molar-refractivity contribution < 1.29 is 9.47 Å². The first kappa shape index (κ1) is 24.2. The van der Waals surface area contributed by atoms with Crippen molar-refractivity contribution in [1.82, 2.24) is 10.6 Å². The van der Waals surface area contributed by atoms with E-state index in [1.165, 1.54) is 30.4 Å². The summed E-state index contributed by atoms with van der Waals surface area (Å²) in [6.45, 7) is 9.17. The molecule has 1 saturated heterocycles. The van der Waals surface area contributed by atoms with Crippen LogP contribution in [0.2, 0.25) is 0 Å². The van der Waals surface area contributed by atoms with Gasteiger partial charge in [-0.1, -0.05) is 44.0 Å². The van der Waals surface area contributed by atoms with Crippen molar-refractivity contribution >= 4 is 29.9 Å². The molecule has 1 heterocycles. The normalized spacial score (nSPS) is 15.3. The van der Waals surface area contributed by atoms with Crippen LogP contribution >= 0.6 is 24.0 Å². The average molecular weight is 489 g/mol. The average Bonchev–Trinajstić information content (AvgIpc) is 2.69. The molecule has 0 unspecified atom stereocenters. The molecular formula is C21H36IN3O2. The second kappa shape index (κ2) is 15.1. The van der Waals surface area contributed by atoms with Gasteiger partial charge < -0.3 is 20.1 Å². The first-order valence-corrected chi connectivity index (χ1v) is 10.1. The molecule has 2 rings (SSSR count). The van der Waals surface area contributed by atoms with Gasteiger partial charge in [0.1, 0.15) is 0 Å². The topological polar surface area (TPSA) is 54.9 Å². The van der Waals surface area contributed by atoms with Crippen LogP contribution in [0.4, 0.5) is 0 Å². The molecule has 2 N–H and O–H groups in total. The van der Waals surface area contributed by atoms with E-state index in [4.69, 9.17) is 9.47 Å². The summed E-state index contributed by atoms with van der Waals surface area (Å²) in [4.78, 5) is 4.68. The standard InChI is InChI=1S/C21H35N3O2.HI/c1-3-5-6-13-23-21(22-4-2)24-16-18-7-9-19(10-8-18)17-26-20-11-14-25-15-12-20;/h7-10,20H,3-6,11-17H2,1-2H3,(H2,22,23,24);1H. The van der Waals surface area contributed by atoms with Gasteiger partial charge in [0.25, 0.3) is 0 Å². The van der Waals surface area contributed by atoms with Crippen LogP contribution in [-0.4, -0.2) is 38.4 Å². The summed E-state index contributed by atoms with van der Waals surface area (Å²) in [5, 5.41) is 6.71. The maximum atomic E-state index is 5.98. The number of aliphatic imine (C=N–C) groups is 1. The lowest BCUT2D eigenvalue weighted by molar-refractivity contribution is -0.0390. The third-order valence-electron chi connectivity index (χ3n) is 4.51. The van der Waals surface area contributed by atoms with Crippen molar-refractivity contribution in [2.75, 3.05) is 26.3 Å². The number of nitrogens with zero attached hydrogens (tertiary/aromatic N) is 1. The van der Waals surface area contributed by atoms with E-state index < -0.39 is 0 Å². The summed E-state index contributed by atoms with van der Waals surface area (Å²) in [5.74, 6) is 0.899. The van der Waals surface area contributed by atoms with E-state index in [0.29, 0.717) is 19.3 Å². The zero-order valence-corrected chi connectivity index (χ0v) is 19.2. The molecule has 1 aliphatic heterocycles. The highest BCUT2D eigenvalue weighted by Crippen LogP contribution is 2.14. The molecular weight excluding hydrogens is 453 g/mol. The zero-order valence-electron chi connectivity index (χ0n) is 16.8. The Bertz CT molecular complexity index is 517. The van der Waals surface area contributed by atoms with Crippen molar-refractivity contribution in [1.29, 1.82) is 0 Å². The minimum absolute atomic E-state index is 0. The number of unbranched alkanes of at least 4 members (excludes halogenated alkanes) is 2. The van der Waals surface area contributed by atoms with Crippen molar-refractivity contribution in [2.24, 2.45) is 4.99 Å². The van der Waals surface area contributed by atoms with Crippen LogP contribution in [0.25, 0.3) is 0 Å². The Hall–Kier alpha value is -0.860. The predicted octanol–water partition coefficient (Wildman–Crippen LogP) is 4.25. The van der Waals surface area contributed by atoms with Gasteiger partial charge in [-0.3, -0.25) is 0 Å². The summed E-state index contributed by atoms with van der Waals surface area (Å²) in [5.41, 5.74) is 2.43. The van der Waals surface area contributed by atoms with Crippen LogP contribution in [0.3, 0.4) is 0 Å². The number of guanidine groups is 1. The van der Waals surface area contributed by atoms with Crippen LogP contribution < -0.4 is 10.6 Å². The molecule has 5 nitrogen and oxygen atoms in total. The molecule has 0 spiro atoms. The van der Waals surface area contributed by atoms with Gasteiger partial charge in [0, 0.05) is 26.3 Å². The Balaban J connectivity index is 0.00000364. The molecule has 27 heavy (non-hydrogen) atoms. The van der Waals surface area contributed by atoms with Gasteiger partial charge in [-0.2, -0.15) is 0 Å². The molecule has 0 aliphatic carbocycles. The molecule has 6 heteroatoms. The van der Waals surface area contributed by atoms with E-state index in [1.807, 2.05) is 0 Å². The van der Waals surface area contributed by atoms with Crippen molar-refractivity contribution in [3.05, 3.63) is 35.4 Å². The van der Waals surface area contributed by atoms with E-state index in [1.54, 1.807) is 0 Å². The highest BCUT2D eigenvalue weighted by Gasteiger charge is 2.13. The highest BCUT2D eigenvalue weighted by atomic mass is 127. The third-order valence-corrected chi connectivity index (χ3v) is 4.51. The molecule has 1 fully saturated rings. The fourth-order valence-electron chi connectivity index (χ4n) is 2.89. The number of benzene rings is 1. The van der Waals surface area contributed by atoms with Gasteiger partial charge in [0.15, 0.2) is 5.96 Å². The molecule has 0 saturated carbocycles. The summed E-state index contributed by atoms with van der Waals surface area (Å²) in [7, 11) is 0. The number of hydrogen-bond donors (Lipinski definition) is 2. The molecule has 0 aromatic heterocycles. The second-order valence-corrected chi connectivity index (χ2v) is 6.77. The van der Waals surface area contributed by atoms with Crippen molar-refractivity contribution in [3.63, 3.8) is 0 Å². The van der Waals surface area contributed by atoms with Crippen LogP contribution in [0, 0.1) is 0 Å². The van der Waals surface area contributed by atoms with E-state index in [0.717, 1.165) is 45.1 Å². The smallest absolute Gasteiger partial charge is 0.191 e. The summed E-state index contributed by atoms with van der Waals surface area (Å²) in [6, 6.07) is 8.58. The molecule has 1 aromatic carbocycles. The monoisotopic (exact) mass is 489 g/mol. The number of ether oxygens (including phenoxy) is 2. The lowest BCUT2D eigenvalue weighted by Crippen LogP contribution is -2.37. The number of halogens is 1. The number of hydrogen-bond acceptors (Lipinski definition) is 3. The van der Waals surface area contributed by atoms with Gasteiger partial charge in [0.2, 0.25) is 0 Å². The minimum atomic E-state index is 0. The van der Waals surface area contributed by atoms with E-state index in [2.05, 4.69) is 53.7 Å². The minimum Gasteiger partial charge on any atom is -0.381 e. The van der Waals surface area contributed by atoms with Crippen LogP contribution in [0.5, 0.6) is 0 Å². The van der Waals surface area contributed by atoms with Crippen molar-refractivity contribution in [3.8, 4) is 0 Å². The van der Waals surface area contributed by atoms with E-state index in [9.17, 15) is 0 Å². The Morgan fingerprint density at radius 3 is 2.44 bits per heavy atom. The lowest BCUT2D eigenvalue weighted by atomic mass is 10.1. The largest absolute Gasteiger partial charge is 0.381 e. The third kappa shape index (κ3) is 10.3. The summed E-state index contributed by atoms with van der Waals surface area (Å²) >= 11 is 0. The fourth-order valence-corrected chi connectivity index (χ4v) is 2.89. The number of rotatable bonds is 10. The first-order chi connectivity index (χ1) is 12.8. The fraction of sp³-hybridized carbons (Fsp3) is 0.667. The summed E-state index contributed by atoms with van der Waals surface area (Å²) < 4.78 is 11.3. The maximum Gasteiger partial charge on any atom is 0.191 e. The first-order valence-electron chi connectivity index (χ1n) is 10.1. The number of nitrogens with one attached hydrogen (secondary N) is 2. The molecule has 1 aromatic rings. The predicted molar refractivity (Wildman–Crippen MR) is 123 cm³/mol. The zero-order chi connectivity index (χ0) is 18.5. The lowest BCUT2D eigenvalue weighted by Gasteiger charge is -2.22. The van der Waals surface area contributed by atoms with Crippen LogP contribution in [0.1, 0.15) is 57.1 Å².